The van der Waals surface area contributed by atoms with E-state index in [4.69, 9.17) is 9.47 Å². The van der Waals surface area contributed by atoms with Crippen molar-refractivity contribution in [2.75, 3.05) is 19.5 Å². The molecule has 0 saturated heterocycles. The van der Waals surface area contributed by atoms with Gasteiger partial charge in [-0.15, -0.1) is 0 Å². The zero-order chi connectivity index (χ0) is 11.7. The lowest BCUT2D eigenvalue weighted by molar-refractivity contribution is -0.119. The number of amides is 1. The van der Waals surface area contributed by atoms with Gasteiger partial charge in [-0.1, -0.05) is 6.92 Å². The van der Waals surface area contributed by atoms with Crippen LogP contribution < -0.4 is 14.8 Å². The molecule has 1 aromatic carbocycles. The molecule has 1 amide bonds. The maximum atomic E-state index is 11.5. The molecule has 86 valence electrons. The van der Waals surface area contributed by atoms with E-state index in [0.29, 0.717) is 11.5 Å². The summed E-state index contributed by atoms with van der Waals surface area (Å²) in [6.45, 7) is 1.91. The van der Waals surface area contributed by atoms with Gasteiger partial charge < -0.3 is 14.8 Å². The van der Waals surface area contributed by atoms with Gasteiger partial charge in [-0.25, -0.2) is 0 Å². The predicted molar refractivity (Wildman–Crippen MR) is 61.0 cm³/mol. The fraction of sp³-hybridized carbons (Fsp3) is 0.417. The lowest BCUT2D eigenvalue weighted by atomic mass is 9.94. The van der Waals surface area contributed by atoms with Crippen molar-refractivity contribution in [3.8, 4) is 11.5 Å². The van der Waals surface area contributed by atoms with Gasteiger partial charge in [0.15, 0.2) is 11.5 Å². The van der Waals surface area contributed by atoms with Gasteiger partial charge in [0.1, 0.15) is 0 Å². The smallest absolute Gasteiger partial charge is 0.227 e. The van der Waals surface area contributed by atoms with E-state index in [1.165, 1.54) is 0 Å². The topological polar surface area (TPSA) is 47.6 Å². The second-order valence-corrected chi connectivity index (χ2v) is 3.96. The summed E-state index contributed by atoms with van der Waals surface area (Å²) in [7, 11) is 3.19. The van der Waals surface area contributed by atoms with Gasteiger partial charge >= 0.3 is 0 Å². The number of carbonyl (C=O) groups is 1. The lowest BCUT2D eigenvalue weighted by Crippen LogP contribution is -2.27. The van der Waals surface area contributed by atoms with Gasteiger partial charge in [0.25, 0.3) is 0 Å². The molecule has 4 nitrogen and oxygen atoms in total. The number of nitrogens with one attached hydrogen (secondary N) is 1. The van der Waals surface area contributed by atoms with Gasteiger partial charge in [0.2, 0.25) is 5.91 Å². The summed E-state index contributed by atoms with van der Waals surface area (Å²) in [6.07, 6.45) is 0.738. The van der Waals surface area contributed by atoms with Crippen molar-refractivity contribution in [1.82, 2.24) is 0 Å². The molecule has 1 aromatic rings. The van der Waals surface area contributed by atoms with Crippen LogP contribution in [0.4, 0.5) is 5.69 Å². The molecule has 0 aliphatic carbocycles. The highest BCUT2D eigenvalue weighted by atomic mass is 16.5. The van der Waals surface area contributed by atoms with Crippen molar-refractivity contribution in [2.24, 2.45) is 5.92 Å². The number of hydrogen-bond acceptors (Lipinski definition) is 3. The van der Waals surface area contributed by atoms with Crippen LogP contribution in [-0.4, -0.2) is 20.1 Å². The summed E-state index contributed by atoms with van der Waals surface area (Å²) in [6, 6.07) is 3.72. The third-order valence-corrected chi connectivity index (χ3v) is 2.84. The molecule has 0 aromatic heterocycles. The molecule has 1 unspecified atom stereocenters. The number of fused-ring (bicyclic) bond motifs is 1. The first kappa shape index (κ1) is 10.8. The monoisotopic (exact) mass is 221 g/mol. The van der Waals surface area contributed by atoms with Gasteiger partial charge in [-0.2, -0.15) is 0 Å². The summed E-state index contributed by atoms with van der Waals surface area (Å²) >= 11 is 0. The largest absolute Gasteiger partial charge is 0.493 e. The quantitative estimate of drug-likeness (QED) is 0.828. The van der Waals surface area contributed by atoms with Crippen LogP contribution in [0.1, 0.15) is 12.5 Å². The Balaban J connectivity index is 2.45. The maximum Gasteiger partial charge on any atom is 0.227 e. The summed E-state index contributed by atoms with van der Waals surface area (Å²) in [5.41, 5.74) is 1.91. The SMILES string of the molecule is COc1cc2c(cc1OC)NC(=O)C(C)C2. The molecule has 4 heteroatoms. The number of hydrogen-bond donors (Lipinski definition) is 1. The Morgan fingerprint density at radius 3 is 2.50 bits per heavy atom. The second kappa shape index (κ2) is 4.04. The number of methoxy groups -OCH3 is 2. The van der Waals surface area contributed by atoms with Crippen LogP contribution in [0, 0.1) is 5.92 Å². The van der Waals surface area contributed by atoms with Crippen LogP contribution in [-0.2, 0) is 11.2 Å². The van der Waals surface area contributed by atoms with Gasteiger partial charge in [-0.05, 0) is 18.1 Å². The third-order valence-electron chi connectivity index (χ3n) is 2.84. The number of rotatable bonds is 2. The summed E-state index contributed by atoms with van der Waals surface area (Å²) < 4.78 is 10.4. The van der Waals surface area contributed by atoms with E-state index in [1.807, 2.05) is 13.0 Å². The average molecular weight is 221 g/mol. The van der Waals surface area contributed by atoms with Crippen molar-refractivity contribution >= 4 is 11.6 Å². The van der Waals surface area contributed by atoms with Crippen LogP contribution in [0.2, 0.25) is 0 Å². The molecule has 0 bridgehead atoms. The van der Waals surface area contributed by atoms with E-state index in [-0.39, 0.29) is 11.8 Å². The Bertz CT molecular complexity index is 429. The van der Waals surface area contributed by atoms with Crippen molar-refractivity contribution in [1.29, 1.82) is 0 Å². The summed E-state index contributed by atoms with van der Waals surface area (Å²) in [5.74, 6) is 1.39. The van der Waals surface area contributed by atoms with Crippen LogP contribution in [0.25, 0.3) is 0 Å². The molecule has 0 saturated carbocycles. The minimum atomic E-state index is 0.00519. The number of benzene rings is 1. The molecule has 2 rings (SSSR count). The number of ether oxygens (including phenoxy) is 2. The van der Waals surface area contributed by atoms with Crippen molar-refractivity contribution in [3.05, 3.63) is 17.7 Å². The zero-order valence-electron chi connectivity index (χ0n) is 9.66. The molecule has 0 spiro atoms. The summed E-state index contributed by atoms with van der Waals surface area (Å²) in [4.78, 5) is 11.5. The van der Waals surface area contributed by atoms with Crippen LogP contribution in [0.3, 0.4) is 0 Å². The molecule has 1 heterocycles. The number of anilines is 1. The van der Waals surface area contributed by atoms with Crippen LogP contribution in [0.5, 0.6) is 11.5 Å². The lowest BCUT2D eigenvalue weighted by Gasteiger charge is -2.23. The van der Waals surface area contributed by atoms with Crippen molar-refractivity contribution < 1.29 is 14.3 Å². The first-order valence-corrected chi connectivity index (χ1v) is 5.21. The Labute approximate surface area is 94.6 Å². The molecule has 1 N–H and O–H groups in total. The first-order chi connectivity index (χ1) is 7.65. The highest BCUT2D eigenvalue weighted by Crippen LogP contribution is 2.36. The zero-order valence-corrected chi connectivity index (χ0v) is 9.66. The molecule has 0 fully saturated rings. The first-order valence-electron chi connectivity index (χ1n) is 5.21. The van der Waals surface area contributed by atoms with Crippen LogP contribution in [0.15, 0.2) is 12.1 Å². The Morgan fingerprint density at radius 2 is 1.88 bits per heavy atom. The minimum absolute atomic E-state index is 0.00519. The minimum Gasteiger partial charge on any atom is -0.493 e. The van der Waals surface area contributed by atoms with Crippen molar-refractivity contribution in [2.45, 2.75) is 13.3 Å². The third kappa shape index (κ3) is 1.71. The average Bonchev–Trinajstić information content (AvgIpc) is 2.29. The Kier molecular flexibility index (Phi) is 2.73. The van der Waals surface area contributed by atoms with E-state index in [0.717, 1.165) is 17.7 Å². The molecule has 1 aliphatic rings. The Hall–Kier alpha value is -1.71. The fourth-order valence-electron chi connectivity index (χ4n) is 1.88. The molecular formula is C12H15NO3. The van der Waals surface area contributed by atoms with E-state index < -0.39 is 0 Å². The molecule has 0 radical (unpaired) electrons. The van der Waals surface area contributed by atoms with E-state index in [2.05, 4.69) is 5.32 Å². The highest BCUT2D eigenvalue weighted by molar-refractivity contribution is 5.96. The number of carbonyl (C=O) groups excluding carboxylic acids is 1. The van der Waals surface area contributed by atoms with Gasteiger partial charge in [0, 0.05) is 17.7 Å². The predicted octanol–water partition coefficient (Wildman–Crippen LogP) is 1.83. The molecular weight excluding hydrogens is 206 g/mol. The molecule has 1 atom stereocenters. The second-order valence-electron chi connectivity index (χ2n) is 3.96. The summed E-state index contributed by atoms with van der Waals surface area (Å²) in [5, 5.41) is 2.86. The van der Waals surface area contributed by atoms with E-state index in [9.17, 15) is 4.79 Å². The van der Waals surface area contributed by atoms with E-state index in [1.54, 1.807) is 20.3 Å². The highest BCUT2D eigenvalue weighted by Gasteiger charge is 2.24. The van der Waals surface area contributed by atoms with Crippen molar-refractivity contribution in [3.63, 3.8) is 0 Å². The van der Waals surface area contributed by atoms with Crippen LogP contribution >= 0.6 is 0 Å². The Morgan fingerprint density at radius 1 is 1.25 bits per heavy atom. The standard InChI is InChI=1S/C12H15NO3/c1-7-4-8-5-10(15-2)11(16-3)6-9(8)13-12(7)14/h5-7H,4H2,1-3H3,(H,13,14). The fourth-order valence-corrected chi connectivity index (χ4v) is 1.88. The van der Waals surface area contributed by atoms with Gasteiger partial charge in [0.05, 0.1) is 14.2 Å². The maximum absolute atomic E-state index is 11.5. The molecule has 1 aliphatic heterocycles. The van der Waals surface area contributed by atoms with E-state index >= 15 is 0 Å². The normalized spacial score (nSPS) is 18.7. The van der Waals surface area contributed by atoms with Gasteiger partial charge in [-0.3, -0.25) is 4.79 Å². The molecule has 16 heavy (non-hydrogen) atoms.